The average molecular weight is 400 g/mol. The molecule has 0 spiro atoms. The smallest absolute Gasteiger partial charge is 0.229 e. The number of nitrogens with two attached hydrogens (primary N) is 1. The van der Waals surface area contributed by atoms with Crippen LogP contribution in [-0.4, -0.2) is 49.5 Å². The number of hydrogen-bond acceptors (Lipinski definition) is 8. The number of nitrogens with one attached hydrogen (secondary N) is 2. The predicted molar refractivity (Wildman–Crippen MR) is 121 cm³/mol. The predicted octanol–water partition coefficient (Wildman–Crippen LogP) is 3.04. The van der Waals surface area contributed by atoms with E-state index in [9.17, 15) is 0 Å². The molecule has 158 valence electrons. The summed E-state index contributed by atoms with van der Waals surface area (Å²) in [6.07, 6.45) is 3.70. The third-order valence-electron chi connectivity index (χ3n) is 4.17. The standard InChI is InChI=1S/C21H33N7O/c1-5-10-28(11-6-2)21-25-17(14-20(26-21)29-12-9-23-4)15-24-27-19-13-16(3)7-8-18(19)22/h7-8,13-15,23,27H,5-6,9-12,22H2,1-4H3/b24-15+. The summed E-state index contributed by atoms with van der Waals surface area (Å²) in [4.78, 5) is 11.4. The molecular weight excluding hydrogens is 366 g/mol. The van der Waals surface area contributed by atoms with Gasteiger partial charge in [0, 0.05) is 25.7 Å². The van der Waals surface area contributed by atoms with Gasteiger partial charge in [0.05, 0.1) is 23.3 Å². The van der Waals surface area contributed by atoms with Crippen LogP contribution in [0, 0.1) is 6.92 Å². The van der Waals surface area contributed by atoms with Crippen LogP contribution in [0.4, 0.5) is 17.3 Å². The molecule has 0 radical (unpaired) electrons. The lowest BCUT2D eigenvalue weighted by atomic mass is 10.2. The van der Waals surface area contributed by atoms with Crippen LogP contribution in [0.5, 0.6) is 5.88 Å². The van der Waals surface area contributed by atoms with E-state index in [0.29, 0.717) is 29.8 Å². The van der Waals surface area contributed by atoms with Crippen molar-refractivity contribution in [3.63, 3.8) is 0 Å². The van der Waals surface area contributed by atoms with E-state index >= 15 is 0 Å². The van der Waals surface area contributed by atoms with E-state index in [1.807, 2.05) is 32.2 Å². The van der Waals surface area contributed by atoms with Crippen molar-refractivity contribution in [3.05, 3.63) is 35.5 Å². The lowest BCUT2D eigenvalue weighted by Crippen LogP contribution is -2.27. The van der Waals surface area contributed by atoms with Gasteiger partial charge in [0.1, 0.15) is 6.61 Å². The molecule has 0 amide bonds. The van der Waals surface area contributed by atoms with Crippen molar-refractivity contribution in [2.45, 2.75) is 33.6 Å². The SMILES string of the molecule is CCCN(CCC)c1nc(/C=N/Nc2cc(C)ccc2N)cc(OCCNC)n1. The van der Waals surface area contributed by atoms with Gasteiger partial charge in [-0.1, -0.05) is 19.9 Å². The summed E-state index contributed by atoms with van der Waals surface area (Å²) in [5.74, 6) is 1.20. The van der Waals surface area contributed by atoms with Gasteiger partial charge in [0.25, 0.3) is 0 Å². The molecule has 0 fully saturated rings. The number of aryl methyl sites for hydroxylation is 1. The first-order valence-electron chi connectivity index (χ1n) is 10.1. The number of rotatable bonds is 12. The van der Waals surface area contributed by atoms with Crippen molar-refractivity contribution >= 4 is 23.5 Å². The Hall–Kier alpha value is -2.87. The summed E-state index contributed by atoms with van der Waals surface area (Å²) in [7, 11) is 1.89. The fourth-order valence-corrected chi connectivity index (χ4v) is 2.76. The van der Waals surface area contributed by atoms with Gasteiger partial charge in [0.15, 0.2) is 0 Å². The van der Waals surface area contributed by atoms with Crippen LogP contribution >= 0.6 is 0 Å². The summed E-state index contributed by atoms with van der Waals surface area (Å²) < 4.78 is 5.79. The van der Waals surface area contributed by atoms with Gasteiger partial charge in [-0.05, 0) is 44.5 Å². The fraction of sp³-hybridized carbons (Fsp3) is 0.476. The molecule has 0 aliphatic heterocycles. The number of aromatic nitrogens is 2. The number of benzene rings is 1. The fourth-order valence-electron chi connectivity index (χ4n) is 2.76. The van der Waals surface area contributed by atoms with Gasteiger partial charge in [-0.15, -0.1) is 0 Å². The largest absolute Gasteiger partial charge is 0.476 e. The lowest BCUT2D eigenvalue weighted by molar-refractivity contribution is 0.306. The number of nitrogen functional groups attached to an aromatic ring is 1. The molecule has 0 aliphatic rings. The summed E-state index contributed by atoms with van der Waals surface area (Å²) in [5, 5.41) is 7.38. The Morgan fingerprint density at radius 3 is 2.62 bits per heavy atom. The highest BCUT2D eigenvalue weighted by molar-refractivity contribution is 5.79. The zero-order chi connectivity index (χ0) is 21.1. The first kappa shape index (κ1) is 22.4. The zero-order valence-corrected chi connectivity index (χ0v) is 17.9. The molecule has 8 nitrogen and oxygen atoms in total. The van der Waals surface area contributed by atoms with Crippen molar-refractivity contribution < 1.29 is 4.74 Å². The Kier molecular flexibility index (Phi) is 9.17. The normalized spacial score (nSPS) is 11.0. The molecule has 0 atom stereocenters. The summed E-state index contributed by atoms with van der Waals surface area (Å²) in [6.45, 7) is 9.36. The van der Waals surface area contributed by atoms with E-state index in [0.717, 1.165) is 43.7 Å². The van der Waals surface area contributed by atoms with Crippen molar-refractivity contribution in [1.29, 1.82) is 0 Å². The molecule has 0 aliphatic carbocycles. The van der Waals surface area contributed by atoms with E-state index in [2.05, 4.69) is 44.6 Å². The first-order valence-corrected chi connectivity index (χ1v) is 10.1. The molecule has 2 aromatic rings. The van der Waals surface area contributed by atoms with Gasteiger partial charge < -0.3 is 20.7 Å². The quantitative estimate of drug-likeness (QED) is 0.218. The molecule has 4 N–H and O–H groups in total. The van der Waals surface area contributed by atoms with Crippen LogP contribution in [0.15, 0.2) is 29.4 Å². The summed E-state index contributed by atoms with van der Waals surface area (Å²) in [6, 6.07) is 7.57. The van der Waals surface area contributed by atoms with E-state index in [1.54, 1.807) is 12.3 Å². The number of likely N-dealkylation sites (N-methyl/N-ethyl adjacent to an activating group) is 1. The van der Waals surface area contributed by atoms with Gasteiger partial charge >= 0.3 is 0 Å². The Bertz CT molecular complexity index is 789. The second-order valence-corrected chi connectivity index (χ2v) is 6.83. The number of hydrogen-bond donors (Lipinski definition) is 3. The average Bonchev–Trinajstić information content (AvgIpc) is 2.70. The van der Waals surface area contributed by atoms with Crippen LogP contribution in [0.2, 0.25) is 0 Å². The third kappa shape index (κ3) is 7.23. The van der Waals surface area contributed by atoms with Crippen molar-refractivity contribution in [3.8, 4) is 5.88 Å². The van der Waals surface area contributed by atoms with E-state index < -0.39 is 0 Å². The van der Waals surface area contributed by atoms with Gasteiger partial charge in [-0.25, -0.2) is 4.98 Å². The Morgan fingerprint density at radius 1 is 1.17 bits per heavy atom. The van der Waals surface area contributed by atoms with Gasteiger partial charge in [-0.3, -0.25) is 5.43 Å². The van der Waals surface area contributed by atoms with Crippen LogP contribution in [0.1, 0.15) is 37.9 Å². The van der Waals surface area contributed by atoms with Crippen LogP contribution in [0.25, 0.3) is 0 Å². The van der Waals surface area contributed by atoms with E-state index in [-0.39, 0.29) is 0 Å². The number of anilines is 3. The molecule has 0 unspecified atom stereocenters. The minimum Gasteiger partial charge on any atom is -0.476 e. The molecule has 0 saturated carbocycles. The second-order valence-electron chi connectivity index (χ2n) is 6.83. The van der Waals surface area contributed by atoms with Crippen molar-refractivity contribution in [2.75, 3.05) is 49.3 Å². The molecule has 1 heterocycles. The molecule has 29 heavy (non-hydrogen) atoms. The number of ether oxygens (including phenoxy) is 1. The molecule has 2 rings (SSSR count). The monoisotopic (exact) mass is 399 g/mol. The Balaban J connectivity index is 2.24. The van der Waals surface area contributed by atoms with Crippen molar-refractivity contribution in [2.24, 2.45) is 5.10 Å². The van der Waals surface area contributed by atoms with Crippen LogP contribution < -0.4 is 26.1 Å². The molecule has 0 bridgehead atoms. The maximum absolute atomic E-state index is 6.00. The minimum absolute atomic E-state index is 0.531. The summed E-state index contributed by atoms with van der Waals surface area (Å²) in [5.41, 5.74) is 12.2. The van der Waals surface area contributed by atoms with E-state index in [4.69, 9.17) is 10.5 Å². The molecule has 1 aromatic heterocycles. The molecule has 0 saturated heterocycles. The summed E-state index contributed by atoms with van der Waals surface area (Å²) >= 11 is 0. The van der Waals surface area contributed by atoms with Gasteiger partial charge in [0.2, 0.25) is 11.8 Å². The highest BCUT2D eigenvalue weighted by atomic mass is 16.5. The molecule has 1 aromatic carbocycles. The Labute approximate surface area is 173 Å². The molecular formula is C21H33N7O. The first-order chi connectivity index (χ1) is 14.1. The van der Waals surface area contributed by atoms with E-state index in [1.165, 1.54) is 0 Å². The zero-order valence-electron chi connectivity index (χ0n) is 17.9. The van der Waals surface area contributed by atoms with Gasteiger partial charge in [-0.2, -0.15) is 10.1 Å². The Morgan fingerprint density at radius 2 is 1.93 bits per heavy atom. The maximum atomic E-state index is 6.00. The third-order valence-corrected chi connectivity index (χ3v) is 4.17. The second kappa shape index (κ2) is 11.9. The number of hydrazone groups is 1. The lowest BCUT2D eigenvalue weighted by Gasteiger charge is -2.22. The highest BCUT2D eigenvalue weighted by Crippen LogP contribution is 2.20. The highest BCUT2D eigenvalue weighted by Gasteiger charge is 2.12. The molecule has 8 heteroatoms. The van der Waals surface area contributed by atoms with Crippen LogP contribution in [-0.2, 0) is 0 Å². The van der Waals surface area contributed by atoms with Crippen LogP contribution in [0.3, 0.4) is 0 Å². The maximum Gasteiger partial charge on any atom is 0.229 e. The van der Waals surface area contributed by atoms with Crippen molar-refractivity contribution in [1.82, 2.24) is 15.3 Å². The topological polar surface area (TPSA) is 101 Å². The number of nitrogens with zero attached hydrogens (tertiary/aromatic N) is 4. The minimum atomic E-state index is 0.531.